The van der Waals surface area contributed by atoms with Gasteiger partial charge in [-0.2, -0.15) is 0 Å². The molecule has 0 heterocycles. The normalized spacial score (nSPS) is 12.2. The summed E-state index contributed by atoms with van der Waals surface area (Å²) >= 11 is 18.9. The maximum Gasteiger partial charge on any atom is 0.244 e. The molecule has 1 atom stereocenters. The van der Waals surface area contributed by atoms with Crippen molar-refractivity contribution in [2.45, 2.75) is 39.8 Å². The summed E-state index contributed by atoms with van der Waals surface area (Å²) in [6.07, 6.45) is 1.30. The van der Waals surface area contributed by atoms with Crippen LogP contribution in [0, 0.1) is 6.92 Å². The van der Waals surface area contributed by atoms with Crippen LogP contribution in [-0.4, -0.2) is 50.5 Å². The predicted molar refractivity (Wildman–Crippen MR) is 138 cm³/mol. The van der Waals surface area contributed by atoms with Gasteiger partial charge in [0, 0.05) is 33.7 Å². The van der Waals surface area contributed by atoms with Gasteiger partial charge in [-0.15, -0.1) is 0 Å². The summed E-state index contributed by atoms with van der Waals surface area (Å²) in [6.45, 7) is 5.10. The minimum Gasteiger partial charge on any atom is -0.355 e. The van der Waals surface area contributed by atoms with Crippen molar-refractivity contribution in [1.82, 2.24) is 10.2 Å². The highest BCUT2D eigenvalue weighted by Crippen LogP contribution is 2.28. The molecule has 0 aliphatic carbocycles. The van der Waals surface area contributed by atoms with Crippen molar-refractivity contribution in [2.24, 2.45) is 0 Å². The van der Waals surface area contributed by atoms with Gasteiger partial charge < -0.3 is 10.2 Å². The second-order valence-electron chi connectivity index (χ2n) is 7.74. The molecule has 11 heteroatoms. The van der Waals surface area contributed by atoms with Gasteiger partial charge in [-0.1, -0.05) is 53.9 Å². The Balaban J connectivity index is 2.51. The molecule has 0 aliphatic heterocycles. The summed E-state index contributed by atoms with van der Waals surface area (Å²) in [5.41, 5.74) is 1.47. The Bertz CT molecular complexity index is 1140. The largest absolute Gasteiger partial charge is 0.355 e. The molecule has 0 bridgehead atoms. The molecular formula is C23H28Cl3N3O4S. The smallest absolute Gasteiger partial charge is 0.244 e. The average Bonchev–Trinajstić information content (AvgIpc) is 2.75. The van der Waals surface area contributed by atoms with E-state index in [1.54, 1.807) is 51.1 Å². The van der Waals surface area contributed by atoms with Crippen LogP contribution in [0.5, 0.6) is 0 Å². The van der Waals surface area contributed by atoms with Crippen LogP contribution in [0.1, 0.15) is 31.4 Å². The Labute approximate surface area is 216 Å². The predicted octanol–water partition coefficient (Wildman–Crippen LogP) is 4.66. The van der Waals surface area contributed by atoms with Crippen LogP contribution < -0.4 is 9.62 Å². The van der Waals surface area contributed by atoms with Gasteiger partial charge in [-0.25, -0.2) is 8.42 Å². The number of amides is 2. The van der Waals surface area contributed by atoms with E-state index in [0.717, 1.165) is 16.1 Å². The van der Waals surface area contributed by atoms with Crippen molar-refractivity contribution in [3.05, 3.63) is 62.6 Å². The monoisotopic (exact) mass is 547 g/mol. The lowest BCUT2D eigenvalue weighted by molar-refractivity contribution is -0.140. The quantitative estimate of drug-likeness (QED) is 0.468. The summed E-state index contributed by atoms with van der Waals surface area (Å²) in [7, 11) is -3.85. The van der Waals surface area contributed by atoms with Gasteiger partial charge in [0.2, 0.25) is 21.8 Å². The molecule has 0 spiro atoms. The molecule has 186 valence electrons. The molecule has 34 heavy (non-hydrogen) atoms. The number of hydrogen-bond donors (Lipinski definition) is 1. The fraction of sp³-hybridized carbons (Fsp3) is 0.391. The van der Waals surface area contributed by atoms with E-state index in [9.17, 15) is 18.0 Å². The number of halogens is 3. The van der Waals surface area contributed by atoms with Gasteiger partial charge in [0.15, 0.2) is 0 Å². The number of aryl methyl sites for hydroxylation is 1. The van der Waals surface area contributed by atoms with Crippen molar-refractivity contribution >= 4 is 62.3 Å². The van der Waals surface area contributed by atoms with E-state index in [1.165, 1.54) is 11.0 Å². The second kappa shape index (κ2) is 12.1. The Morgan fingerprint density at radius 2 is 1.65 bits per heavy atom. The van der Waals surface area contributed by atoms with E-state index < -0.39 is 28.5 Å². The van der Waals surface area contributed by atoms with Crippen LogP contribution in [0.4, 0.5) is 5.69 Å². The zero-order valence-electron chi connectivity index (χ0n) is 19.4. The second-order valence-corrected chi connectivity index (χ2v) is 10.9. The number of carbonyl (C=O) groups excluding carboxylic acids is 2. The summed E-state index contributed by atoms with van der Waals surface area (Å²) < 4.78 is 26.2. The van der Waals surface area contributed by atoms with Crippen molar-refractivity contribution in [3.8, 4) is 0 Å². The van der Waals surface area contributed by atoms with Gasteiger partial charge >= 0.3 is 0 Å². The van der Waals surface area contributed by atoms with Gasteiger partial charge in [0.25, 0.3) is 0 Å². The fourth-order valence-electron chi connectivity index (χ4n) is 3.42. The third-order valence-electron chi connectivity index (χ3n) is 5.25. The summed E-state index contributed by atoms with van der Waals surface area (Å²) in [5.74, 6) is -0.943. The first-order valence-corrected chi connectivity index (χ1v) is 13.6. The molecule has 0 radical (unpaired) electrons. The van der Waals surface area contributed by atoms with E-state index in [-0.39, 0.29) is 18.1 Å². The van der Waals surface area contributed by atoms with E-state index in [4.69, 9.17) is 34.8 Å². The molecule has 0 aromatic heterocycles. The molecule has 2 aromatic carbocycles. The third kappa shape index (κ3) is 7.01. The number of anilines is 1. The van der Waals surface area contributed by atoms with Gasteiger partial charge in [-0.05, 0) is 50.1 Å². The van der Waals surface area contributed by atoms with Crippen LogP contribution in [0.25, 0.3) is 0 Å². The highest BCUT2D eigenvalue weighted by atomic mass is 35.5. The Kier molecular flexibility index (Phi) is 10.1. The highest BCUT2D eigenvalue weighted by molar-refractivity contribution is 7.92. The zero-order chi connectivity index (χ0) is 25.6. The third-order valence-corrected chi connectivity index (χ3v) is 7.51. The topological polar surface area (TPSA) is 86.8 Å². The zero-order valence-corrected chi connectivity index (χ0v) is 22.5. The first kappa shape index (κ1) is 28.2. The SMILES string of the molecule is CCNC(=O)[C@@H](CC)N(Cc1c(Cl)cccc1Cl)C(=O)CN(c1ccc(C)c(Cl)c1)S(C)(=O)=O. The lowest BCUT2D eigenvalue weighted by Crippen LogP contribution is -2.52. The van der Waals surface area contributed by atoms with E-state index in [0.29, 0.717) is 33.6 Å². The van der Waals surface area contributed by atoms with Crippen LogP contribution in [0.3, 0.4) is 0 Å². The Hall–Kier alpha value is -2.00. The summed E-state index contributed by atoms with van der Waals surface area (Å²) in [5, 5.41) is 3.76. The molecule has 0 aliphatic rings. The molecule has 7 nitrogen and oxygen atoms in total. The fourth-order valence-corrected chi connectivity index (χ4v) is 4.95. The molecule has 1 N–H and O–H groups in total. The van der Waals surface area contributed by atoms with Gasteiger partial charge in [0.05, 0.1) is 11.9 Å². The number of nitrogens with one attached hydrogen (secondary N) is 1. The number of carbonyl (C=O) groups is 2. The Morgan fingerprint density at radius 1 is 1.03 bits per heavy atom. The van der Waals surface area contributed by atoms with Crippen LogP contribution in [0.2, 0.25) is 15.1 Å². The van der Waals surface area contributed by atoms with E-state index >= 15 is 0 Å². The number of rotatable bonds is 10. The molecule has 2 amide bonds. The van der Waals surface area contributed by atoms with Gasteiger partial charge in [0.1, 0.15) is 12.6 Å². The number of likely N-dealkylation sites (N-methyl/N-ethyl adjacent to an activating group) is 1. The molecular weight excluding hydrogens is 521 g/mol. The standard InChI is InChI=1S/C23H28Cl3N3O4S/c1-5-21(23(31)27-6-2)28(13-17-18(24)8-7-9-19(17)25)22(30)14-29(34(4,32)33)16-11-10-15(3)20(26)12-16/h7-12,21H,5-6,13-14H2,1-4H3,(H,27,31)/t21-/m1/s1. The minimum atomic E-state index is -3.85. The van der Waals surface area contributed by atoms with Crippen molar-refractivity contribution in [3.63, 3.8) is 0 Å². The number of hydrogen-bond acceptors (Lipinski definition) is 4. The molecule has 0 fully saturated rings. The number of benzene rings is 2. The van der Waals surface area contributed by atoms with Gasteiger partial charge in [-0.3, -0.25) is 13.9 Å². The first-order chi connectivity index (χ1) is 15.9. The lowest BCUT2D eigenvalue weighted by atomic mass is 10.1. The summed E-state index contributed by atoms with van der Waals surface area (Å²) in [6, 6.07) is 8.82. The Morgan fingerprint density at radius 3 is 2.15 bits per heavy atom. The lowest BCUT2D eigenvalue weighted by Gasteiger charge is -2.33. The molecule has 0 saturated heterocycles. The highest BCUT2D eigenvalue weighted by Gasteiger charge is 2.32. The van der Waals surface area contributed by atoms with Crippen molar-refractivity contribution < 1.29 is 18.0 Å². The van der Waals surface area contributed by atoms with Crippen LogP contribution in [0.15, 0.2) is 36.4 Å². The molecule has 2 rings (SSSR count). The summed E-state index contributed by atoms with van der Waals surface area (Å²) in [4.78, 5) is 27.7. The molecule has 0 unspecified atom stereocenters. The van der Waals surface area contributed by atoms with Crippen LogP contribution >= 0.6 is 34.8 Å². The maximum absolute atomic E-state index is 13.6. The van der Waals surface area contributed by atoms with Crippen LogP contribution in [-0.2, 0) is 26.2 Å². The average molecular weight is 549 g/mol. The molecule has 2 aromatic rings. The van der Waals surface area contributed by atoms with E-state index in [1.807, 2.05) is 0 Å². The molecule has 0 saturated carbocycles. The minimum absolute atomic E-state index is 0.0702. The van der Waals surface area contributed by atoms with E-state index in [2.05, 4.69) is 5.32 Å². The number of sulfonamides is 1. The first-order valence-electron chi connectivity index (χ1n) is 10.6. The van der Waals surface area contributed by atoms with Crippen molar-refractivity contribution in [1.29, 1.82) is 0 Å². The number of nitrogens with zero attached hydrogens (tertiary/aromatic N) is 2. The maximum atomic E-state index is 13.6. The van der Waals surface area contributed by atoms with Crippen molar-refractivity contribution in [2.75, 3.05) is 23.7 Å².